The summed E-state index contributed by atoms with van der Waals surface area (Å²) in [4.78, 5) is 15.7. The molecular formula is C23H20N4. The molecule has 2 aromatic carbocycles. The Labute approximate surface area is 159 Å². The van der Waals surface area contributed by atoms with Gasteiger partial charge < -0.3 is 0 Å². The van der Waals surface area contributed by atoms with Crippen molar-refractivity contribution in [2.24, 2.45) is 0 Å². The smallest absolute Gasteiger partial charge is 0.238 e. The first-order chi connectivity index (χ1) is 13.1. The molecule has 1 heterocycles. The van der Waals surface area contributed by atoms with Crippen LogP contribution in [0.25, 0.3) is 22.8 Å². The lowest BCUT2D eigenvalue weighted by Crippen LogP contribution is -2.21. The quantitative estimate of drug-likeness (QED) is 0.533. The van der Waals surface area contributed by atoms with Crippen LogP contribution in [0.1, 0.15) is 0 Å². The molecule has 3 aromatic rings. The van der Waals surface area contributed by atoms with Crippen molar-refractivity contribution < 1.29 is 0 Å². The number of aromatic nitrogens is 3. The molecule has 0 bridgehead atoms. The van der Waals surface area contributed by atoms with E-state index in [0.29, 0.717) is 29.0 Å². The number of nitrogens with zero attached hydrogens (tertiary/aromatic N) is 4. The molecule has 0 aliphatic carbocycles. The molecule has 4 nitrogen and oxygen atoms in total. The highest BCUT2D eigenvalue weighted by Crippen LogP contribution is 2.26. The average molecular weight is 352 g/mol. The number of hydrogen-bond donors (Lipinski definition) is 0. The first-order valence-corrected chi connectivity index (χ1v) is 8.43. The van der Waals surface area contributed by atoms with E-state index in [1.165, 1.54) is 0 Å². The molecule has 27 heavy (non-hydrogen) atoms. The largest absolute Gasteiger partial charge is 0.280 e. The molecule has 0 aliphatic rings. The molecule has 132 valence electrons. The standard InChI is InChI=1S/C23H20N4/c1-5-17(3)27(18(4)6-2)23-25-21(19-13-9-7-10-14-19)24-22(26-23)20-15-11-8-12-16-20/h5-16H,1-4H2. The van der Waals surface area contributed by atoms with Gasteiger partial charge in [-0.25, -0.2) is 4.98 Å². The number of allylic oxidation sites excluding steroid dienone is 2. The zero-order chi connectivity index (χ0) is 19.2. The maximum absolute atomic E-state index is 4.67. The van der Waals surface area contributed by atoms with Crippen molar-refractivity contribution in [1.29, 1.82) is 0 Å². The van der Waals surface area contributed by atoms with Crippen molar-refractivity contribution in [3.63, 3.8) is 0 Å². The lowest BCUT2D eigenvalue weighted by atomic mass is 10.2. The Hall–Kier alpha value is -3.79. The molecule has 0 fully saturated rings. The summed E-state index contributed by atoms with van der Waals surface area (Å²) in [5, 5.41) is 0. The second kappa shape index (κ2) is 8.06. The molecule has 0 aliphatic heterocycles. The van der Waals surface area contributed by atoms with Gasteiger partial charge in [-0.2, -0.15) is 9.97 Å². The van der Waals surface area contributed by atoms with Crippen molar-refractivity contribution in [2.75, 3.05) is 4.90 Å². The van der Waals surface area contributed by atoms with Crippen molar-refractivity contribution in [2.45, 2.75) is 0 Å². The summed E-state index contributed by atoms with van der Waals surface area (Å²) >= 11 is 0. The molecular weight excluding hydrogens is 332 g/mol. The highest BCUT2D eigenvalue weighted by Gasteiger charge is 2.18. The van der Waals surface area contributed by atoms with E-state index in [0.717, 1.165) is 11.1 Å². The van der Waals surface area contributed by atoms with Crippen LogP contribution >= 0.6 is 0 Å². The van der Waals surface area contributed by atoms with E-state index >= 15 is 0 Å². The first kappa shape index (κ1) is 18.0. The molecule has 0 radical (unpaired) electrons. The molecule has 0 atom stereocenters. The number of rotatable bonds is 7. The highest BCUT2D eigenvalue weighted by atomic mass is 15.3. The first-order valence-electron chi connectivity index (χ1n) is 8.43. The summed E-state index contributed by atoms with van der Waals surface area (Å²) in [5.74, 6) is 1.55. The number of hydrogen-bond acceptors (Lipinski definition) is 4. The minimum Gasteiger partial charge on any atom is -0.280 e. The van der Waals surface area contributed by atoms with E-state index in [9.17, 15) is 0 Å². The lowest BCUT2D eigenvalue weighted by Gasteiger charge is -2.23. The van der Waals surface area contributed by atoms with Gasteiger partial charge in [0.15, 0.2) is 11.6 Å². The lowest BCUT2D eigenvalue weighted by molar-refractivity contribution is 0.985. The predicted molar refractivity (Wildman–Crippen MR) is 112 cm³/mol. The maximum Gasteiger partial charge on any atom is 0.238 e. The van der Waals surface area contributed by atoms with Crippen LogP contribution in [0.3, 0.4) is 0 Å². The minimum absolute atomic E-state index is 0.414. The number of anilines is 1. The second-order valence-electron chi connectivity index (χ2n) is 5.74. The van der Waals surface area contributed by atoms with E-state index in [1.54, 1.807) is 17.1 Å². The van der Waals surface area contributed by atoms with Crippen molar-refractivity contribution in [3.8, 4) is 22.8 Å². The fourth-order valence-corrected chi connectivity index (χ4v) is 2.52. The third-order valence-electron chi connectivity index (χ3n) is 3.93. The topological polar surface area (TPSA) is 41.9 Å². The molecule has 0 spiro atoms. The molecule has 0 amide bonds. The summed E-state index contributed by atoms with van der Waals surface area (Å²) in [5.41, 5.74) is 2.99. The molecule has 0 N–H and O–H groups in total. The van der Waals surface area contributed by atoms with Gasteiger partial charge in [-0.15, -0.1) is 0 Å². The van der Waals surface area contributed by atoms with E-state index in [2.05, 4.69) is 41.3 Å². The summed E-state index contributed by atoms with van der Waals surface area (Å²) in [6, 6.07) is 19.5. The molecule has 3 rings (SSSR count). The van der Waals surface area contributed by atoms with Crippen LogP contribution in [0, 0.1) is 0 Å². The Morgan fingerprint density at radius 1 is 0.667 bits per heavy atom. The molecule has 1 aromatic heterocycles. The van der Waals surface area contributed by atoms with Crippen molar-refractivity contribution >= 4 is 5.95 Å². The van der Waals surface area contributed by atoms with E-state index in [4.69, 9.17) is 0 Å². The van der Waals surface area contributed by atoms with Crippen LogP contribution in [0.2, 0.25) is 0 Å². The zero-order valence-corrected chi connectivity index (χ0v) is 15.0. The SMILES string of the molecule is C=CC(=C)N(C(=C)C=C)c1nc(-c2ccccc2)nc(-c2ccccc2)n1. The van der Waals surface area contributed by atoms with Gasteiger partial charge in [0.1, 0.15) is 0 Å². The van der Waals surface area contributed by atoms with Gasteiger partial charge in [-0.05, 0) is 12.2 Å². The van der Waals surface area contributed by atoms with E-state index < -0.39 is 0 Å². The van der Waals surface area contributed by atoms with Crippen molar-refractivity contribution in [1.82, 2.24) is 15.0 Å². The summed E-state index contributed by atoms with van der Waals surface area (Å²) in [7, 11) is 0. The van der Waals surface area contributed by atoms with Gasteiger partial charge in [-0.3, -0.25) is 4.90 Å². The van der Waals surface area contributed by atoms with Crippen LogP contribution in [0.15, 0.2) is 111 Å². The minimum atomic E-state index is 0.414. The third-order valence-corrected chi connectivity index (χ3v) is 3.93. The second-order valence-corrected chi connectivity index (χ2v) is 5.74. The Morgan fingerprint density at radius 3 is 1.44 bits per heavy atom. The molecule has 4 heteroatoms. The van der Waals surface area contributed by atoms with Crippen molar-refractivity contribution in [3.05, 3.63) is 111 Å². The average Bonchev–Trinajstić information content (AvgIpc) is 2.74. The van der Waals surface area contributed by atoms with E-state index in [1.807, 2.05) is 60.7 Å². The van der Waals surface area contributed by atoms with Crippen LogP contribution in [0.5, 0.6) is 0 Å². The Morgan fingerprint density at radius 2 is 1.07 bits per heavy atom. The maximum atomic E-state index is 4.67. The Bertz CT molecular complexity index is 914. The Kier molecular flexibility index (Phi) is 5.38. The van der Waals surface area contributed by atoms with Gasteiger partial charge in [0.05, 0.1) is 0 Å². The summed E-state index contributed by atoms with van der Waals surface area (Å²) < 4.78 is 0. The molecule has 0 unspecified atom stereocenters. The van der Waals surface area contributed by atoms with E-state index in [-0.39, 0.29) is 0 Å². The van der Waals surface area contributed by atoms with Gasteiger partial charge in [0.2, 0.25) is 5.95 Å². The summed E-state index contributed by atoms with van der Waals surface area (Å²) in [6.45, 7) is 15.6. The molecule has 0 saturated carbocycles. The predicted octanol–water partition coefficient (Wildman–Crippen LogP) is 5.41. The number of benzene rings is 2. The monoisotopic (exact) mass is 352 g/mol. The van der Waals surface area contributed by atoms with Gasteiger partial charge in [0, 0.05) is 22.5 Å². The normalized spacial score (nSPS) is 10.1. The van der Waals surface area contributed by atoms with Crippen LogP contribution in [0.4, 0.5) is 5.95 Å². The van der Waals surface area contributed by atoms with Gasteiger partial charge in [-0.1, -0.05) is 87.0 Å². The van der Waals surface area contributed by atoms with Gasteiger partial charge in [0.25, 0.3) is 0 Å². The van der Waals surface area contributed by atoms with Gasteiger partial charge >= 0.3 is 0 Å². The molecule has 0 saturated heterocycles. The fourth-order valence-electron chi connectivity index (χ4n) is 2.52. The summed E-state index contributed by atoms with van der Waals surface area (Å²) in [6.07, 6.45) is 3.26. The van der Waals surface area contributed by atoms with Crippen LogP contribution < -0.4 is 4.90 Å². The third kappa shape index (κ3) is 3.90. The van der Waals surface area contributed by atoms with Crippen LogP contribution in [-0.4, -0.2) is 15.0 Å². The fraction of sp³-hybridized carbons (Fsp3) is 0. The zero-order valence-electron chi connectivity index (χ0n) is 15.0. The van der Waals surface area contributed by atoms with Crippen LogP contribution in [-0.2, 0) is 0 Å². The highest BCUT2D eigenvalue weighted by molar-refractivity contribution is 5.65. The Balaban J connectivity index is 2.23.